The maximum atomic E-state index is 11.2. The van der Waals surface area contributed by atoms with Crippen LogP contribution >= 0.6 is 0 Å². The molecule has 0 aliphatic carbocycles. The number of nitrogens with one attached hydrogen (secondary N) is 1. The van der Waals surface area contributed by atoms with E-state index in [0.29, 0.717) is 5.69 Å². The molecule has 8 heteroatoms. The largest absolute Gasteiger partial charge is 0.374 e. The number of hydrogen-bond donors (Lipinski definition) is 1. The molecule has 0 fully saturated rings. The fraction of sp³-hybridized carbons (Fsp3) is 0.125. The molecule has 0 radical (unpaired) electrons. The van der Waals surface area contributed by atoms with Gasteiger partial charge in [-0.15, -0.1) is 5.10 Å². The molecule has 32 heavy (non-hydrogen) atoms. The zero-order valence-electron chi connectivity index (χ0n) is 17.3. The molecule has 1 atom stereocenters. The van der Waals surface area contributed by atoms with E-state index in [1.165, 1.54) is 0 Å². The molecule has 5 aromatic rings. The van der Waals surface area contributed by atoms with Gasteiger partial charge >= 0.3 is 0 Å². The van der Waals surface area contributed by atoms with Gasteiger partial charge in [-0.25, -0.2) is 4.98 Å². The molecule has 4 heterocycles. The van der Waals surface area contributed by atoms with Crippen LogP contribution in [-0.2, 0) is 13.6 Å². The average Bonchev–Trinajstić information content (AvgIpc) is 3.44. The lowest BCUT2D eigenvalue weighted by Gasteiger charge is -2.20. The predicted molar refractivity (Wildman–Crippen MR) is 122 cm³/mol. The lowest BCUT2D eigenvalue weighted by Crippen LogP contribution is -2.11. The number of nitrogens with zero attached hydrogens (tertiary/aromatic N) is 6. The molecule has 8 nitrogen and oxygen atoms in total. The van der Waals surface area contributed by atoms with Crippen molar-refractivity contribution in [3.63, 3.8) is 0 Å². The van der Waals surface area contributed by atoms with Crippen LogP contribution in [0.5, 0.6) is 0 Å². The third-order valence-electron chi connectivity index (χ3n) is 6.03. The normalized spacial score (nSPS) is 14.6. The minimum atomic E-state index is -0.0980. The number of anilines is 1. The monoisotopic (exact) mass is 421 g/mol. The molecule has 1 N–H and O–H groups in total. The first-order valence-corrected chi connectivity index (χ1v) is 10.3. The van der Waals surface area contributed by atoms with Crippen molar-refractivity contribution < 1.29 is 0 Å². The summed E-state index contributed by atoms with van der Waals surface area (Å²) in [4.78, 5) is 15.3. The van der Waals surface area contributed by atoms with Gasteiger partial charge in [0.2, 0.25) is 0 Å². The van der Waals surface area contributed by atoms with Gasteiger partial charge in [0, 0.05) is 59.1 Å². The van der Waals surface area contributed by atoms with Crippen LogP contribution < -0.4 is 5.32 Å². The third kappa shape index (κ3) is 2.73. The number of aromatic nitrogens is 5. The molecular weight excluding hydrogens is 402 g/mol. The smallest absolute Gasteiger partial charge is 0.163 e. The fourth-order valence-electron chi connectivity index (χ4n) is 4.57. The van der Waals surface area contributed by atoms with Gasteiger partial charge in [0.15, 0.2) is 5.65 Å². The van der Waals surface area contributed by atoms with E-state index in [4.69, 9.17) is 0 Å². The highest BCUT2D eigenvalue weighted by Gasteiger charge is 2.29. The zero-order chi connectivity index (χ0) is 21.7. The van der Waals surface area contributed by atoms with Crippen LogP contribution in [0.4, 0.5) is 5.69 Å². The minimum absolute atomic E-state index is 0.0226. The molecule has 0 saturated heterocycles. The van der Waals surface area contributed by atoms with Gasteiger partial charge in [-0.3, -0.25) is 0 Å². The Kier molecular flexibility index (Phi) is 4.10. The van der Waals surface area contributed by atoms with E-state index in [2.05, 4.69) is 62.2 Å². The number of para-hydroxylation sites is 1. The van der Waals surface area contributed by atoms with Gasteiger partial charge in [0.05, 0.1) is 18.1 Å². The van der Waals surface area contributed by atoms with Crippen LogP contribution in [0.15, 0.2) is 78.6 Å². The molecular formula is C24H19N7O. The predicted octanol–water partition coefficient (Wildman–Crippen LogP) is 4.60. The highest BCUT2D eigenvalue weighted by Crippen LogP contribution is 2.45. The number of imidazole rings is 1. The maximum Gasteiger partial charge on any atom is 0.163 e. The van der Waals surface area contributed by atoms with Gasteiger partial charge in [-0.05, 0) is 23.8 Å². The van der Waals surface area contributed by atoms with Crippen molar-refractivity contribution >= 4 is 16.7 Å². The topological polar surface area (TPSA) is 90.0 Å². The Bertz CT molecular complexity index is 1450. The van der Waals surface area contributed by atoms with Crippen molar-refractivity contribution in [2.24, 2.45) is 12.2 Å². The van der Waals surface area contributed by atoms with E-state index < -0.39 is 0 Å². The van der Waals surface area contributed by atoms with E-state index in [-0.39, 0.29) is 12.6 Å². The summed E-state index contributed by atoms with van der Waals surface area (Å²) < 4.78 is 3.96. The number of hydrogen-bond acceptors (Lipinski definition) is 6. The minimum Gasteiger partial charge on any atom is -0.374 e. The van der Waals surface area contributed by atoms with E-state index in [9.17, 15) is 4.91 Å². The van der Waals surface area contributed by atoms with Crippen LogP contribution in [0.25, 0.3) is 27.8 Å². The van der Waals surface area contributed by atoms with E-state index in [1.54, 1.807) is 12.5 Å². The second-order valence-corrected chi connectivity index (χ2v) is 7.89. The Morgan fingerprint density at radius 2 is 1.94 bits per heavy atom. The van der Waals surface area contributed by atoms with Crippen molar-refractivity contribution in [2.45, 2.75) is 12.6 Å². The second kappa shape index (κ2) is 7.12. The van der Waals surface area contributed by atoms with Crippen molar-refractivity contribution in [2.75, 3.05) is 5.32 Å². The molecule has 6 rings (SSSR count). The van der Waals surface area contributed by atoms with E-state index >= 15 is 0 Å². The van der Waals surface area contributed by atoms with Crippen LogP contribution in [0.1, 0.15) is 22.9 Å². The molecule has 0 saturated carbocycles. The molecule has 156 valence electrons. The lowest BCUT2D eigenvalue weighted by molar-refractivity contribution is 0.869. The average molecular weight is 421 g/mol. The highest BCUT2D eigenvalue weighted by molar-refractivity contribution is 6.02. The second-order valence-electron chi connectivity index (χ2n) is 7.89. The van der Waals surface area contributed by atoms with Crippen molar-refractivity contribution in [1.29, 1.82) is 0 Å². The Hall–Kier alpha value is -4.33. The fourth-order valence-corrected chi connectivity index (χ4v) is 4.57. The number of rotatable bonds is 4. The molecule has 0 bridgehead atoms. The molecule has 0 amide bonds. The Balaban J connectivity index is 1.59. The van der Waals surface area contributed by atoms with Gasteiger partial charge < -0.3 is 14.5 Å². The maximum absolute atomic E-state index is 11.2. The standard InChI is InChI=1S/C24H19N7O/c1-30-13-18-22-21(20(12-26-32)28-29-24(22)30)17-4-2-3-5-19(17)27-23(18)15-6-8-16(9-7-15)31-11-10-25-14-31/h2-11,13-14,23,27H,12H2,1H3. The Labute approximate surface area is 183 Å². The summed E-state index contributed by atoms with van der Waals surface area (Å²) in [5, 5.41) is 16.6. The third-order valence-corrected chi connectivity index (χ3v) is 6.03. The van der Waals surface area contributed by atoms with Crippen molar-refractivity contribution in [1.82, 2.24) is 24.3 Å². The van der Waals surface area contributed by atoms with Crippen LogP contribution in [-0.4, -0.2) is 24.3 Å². The SMILES string of the molecule is Cn1cc2c3c(c(CN=O)nnc31)-c1ccccc1NC2c1ccc(-n2ccnc2)cc1. The Morgan fingerprint density at radius 1 is 1.09 bits per heavy atom. The number of nitroso groups, excluding NO2 is 1. The molecule has 0 spiro atoms. The summed E-state index contributed by atoms with van der Waals surface area (Å²) in [6.45, 7) is -0.0226. The van der Waals surface area contributed by atoms with Gasteiger partial charge in [0.1, 0.15) is 6.54 Å². The summed E-state index contributed by atoms with van der Waals surface area (Å²) in [6, 6.07) is 16.4. The summed E-state index contributed by atoms with van der Waals surface area (Å²) in [5.74, 6) is 0. The lowest BCUT2D eigenvalue weighted by atomic mass is 9.95. The molecule has 1 unspecified atom stereocenters. The molecule has 1 aliphatic heterocycles. The summed E-state index contributed by atoms with van der Waals surface area (Å²) in [5.41, 5.74) is 7.53. The molecule has 2 aromatic carbocycles. The summed E-state index contributed by atoms with van der Waals surface area (Å²) >= 11 is 0. The molecule has 3 aromatic heterocycles. The zero-order valence-corrected chi connectivity index (χ0v) is 17.3. The highest BCUT2D eigenvalue weighted by atomic mass is 16.3. The number of benzene rings is 2. The van der Waals surface area contributed by atoms with E-state index in [0.717, 1.165) is 44.7 Å². The van der Waals surface area contributed by atoms with Crippen molar-refractivity contribution in [3.8, 4) is 16.8 Å². The first-order valence-electron chi connectivity index (χ1n) is 10.3. The van der Waals surface area contributed by atoms with Gasteiger partial charge in [-0.2, -0.15) is 10.0 Å². The number of aryl methyl sites for hydroxylation is 1. The van der Waals surface area contributed by atoms with Crippen LogP contribution in [0, 0.1) is 4.91 Å². The summed E-state index contributed by atoms with van der Waals surface area (Å²) in [6.07, 6.45) is 7.57. The molecule has 1 aliphatic rings. The number of fused-ring (bicyclic) bond motifs is 2. The first kappa shape index (κ1) is 18.4. The quantitative estimate of drug-likeness (QED) is 0.428. The van der Waals surface area contributed by atoms with Gasteiger partial charge in [0.25, 0.3) is 0 Å². The van der Waals surface area contributed by atoms with Crippen molar-refractivity contribution in [3.05, 3.63) is 95.2 Å². The first-order chi connectivity index (χ1) is 15.7. The Morgan fingerprint density at radius 3 is 2.72 bits per heavy atom. The van der Waals surface area contributed by atoms with Crippen LogP contribution in [0.2, 0.25) is 0 Å². The van der Waals surface area contributed by atoms with Crippen LogP contribution in [0.3, 0.4) is 0 Å². The van der Waals surface area contributed by atoms with E-state index in [1.807, 2.05) is 40.6 Å². The van der Waals surface area contributed by atoms with Gasteiger partial charge in [-0.1, -0.05) is 35.5 Å². The summed E-state index contributed by atoms with van der Waals surface area (Å²) in [7, 11) is 1.97.